The molecule has 0 aliphatic heterocycles. The molecule has 0 saturated carbocycles. The predicted molar refractivity (Wildman–Crippen MR) is 56.2 cm³/mol. The Hall–Kier alpha value is 0.793. The standard InChI is InChI=1S/C8H20ClGeN/c1-7(2)11(8(3)4)6-5-10-9/h7-8H,5-6,10H2,1-4H3. The molecule has 0 aromatic heterocycles. The molecule has 0 saturated heterocycles. The van der Waals surface area contributed by atoms with Crippen LogP contribution < -0.4 is 0 Å². The molecule has 0 aromatic rings. The maximum atomic E-state index is 5.82. The zero-order chi connectivity index (χ0) is 8.85. The first-order chi connectivity index (χ1) is 5.09. The molecule has 0 aliphatic carbocycles. The van der Waals surface area contributed by atoms with Crippen LogP contribution in [-0.2, 0) is 0 Å². The summed E-state index contributed by atoms with van der Waals surface area (Å²) in [5.74, 6) is 0. The molecule has 0 aliphatic rings. The molecule has 0 heterocycles. The first-order valence-corrected chi connectivity index (χ1v) is 10.4. The summed E-state index contributed by atoms with van der Waals surface area (Å²) in [7, 11) is 5.82. The molecule has 3 heteroatoms. The van der Waals surface area contributed by atoms with Crippen LogP contribution in [0.5, 0.6) is 0 Å². The van der Waals surface area contributed by atoms with Gasteiger partial charge in [0.2, 0.25) is 0 Å². The number of rotatable bonds is 5. The van der Waals surface area contributed by atoms with Crippen molar-refractivity contribution in [3.05, 3.63) is 0 Å². The summed E-state index contributed by atoms with van der Waals surface area (Å²) < 4.78 is 0. The van der Waals surface area contributed by atoms with E-state index in [0.717, 1.165) is 0 Å². The van der Waals surface area contributed by atoms with Crippen LogP contribution in [-0.4, -0.2) is 38.0 Å². The van der Waals surface area contributed by atoms with E-state index in [4.69, 9.17) is 10.0 Å². The molecule has 0 unspecified atom stereocenters. The molecule has 0 aromatic carbocycles. The number of hydrogen-bond acceptors (Lipinski definition) is 1. The van der Waals surface area contributed by atoms with Crippen LogP contribution in [0.2, 0.25) is 5.25 Å². The Morgan fingerprint density at radius 2 is 1.64 bits per heavy atom. The van der Waals surface area contributed by atoms with Gasteiger partial charge in [-0.1, -0.05) is 0 Å². The Balaban J connectivity index is 3.70. The van der Waals surface area contributed by atoms with Crippen LogP contribution in [0.25, 0.3) is 0 Å². The Morgan fingerprint density at radius 1 is 1.18 bits per heavy atom. The molecular formula is C8H20ClGeN. The van der Waals surface area contributed by atoms with Crippen molar-refractivity contribution in [2.45, 2.75) is 45.0 Å². The van der Waals surface area contributed by atoms with E-state index in [1.54, 1.807) is 0 Å². The number of hydrogen-bond donors (Lipinski definition) is 0. The fraction of sp³-hybridized carbons (Fsp3) is 1.00. The van der Waals surface area contributed by atoms with Crippen LogP contribution in [0.15, 0.2) is 0 Å². The van der Waals surface area contributed by atoms with E-state index in [9.17, 15) is 0 Å². The van der Waals surface area contributed by atoms with Gasteiger partial charge in [-0.3, -0.25) is 0 Å². The van der Waals surface area contributed by atoms with Gasteiger partial charge in [0.1, 0.15) is 0 Å². The van der Waals surface area contributed by atoms with Crippen molar-refractivity contribution >= 4 is 24.5 Å². The van der Waals surface area contributed by atoms with E-state index < -0.39 is 14.5 Å². The summed E-state index contributed by atoms with van der Waals surface area (Å²) in [6.45, 7) is 10.2. The number of halogens is 1. The Morgan fingerprint density at radius 3 is 1.91 bits per heavy atom. The van der Waals surface area contributed by atoms with Gasteiger partial charge >= 0.3 is 81.0 Å². The van der Waals surface area contributed by atoms with Crippen molar-refractivity contribution in [2.24, 2.45) is 0 Å². The second kappa shape index (κ2) is 6.32. The third kappa shape index (κ3) is 5.10. The summed E-state index contributed by atoms with van der Waals surface area (Å²) >= 11 is -0.625. The van der Waals surface area contributed by atoms with Crippen molar-refractivity contribution in [2.75, 3.05) is 6.54 Å². The Bertz CT molecular complexity index is 88.1. The fourth-order valence-corrected chi connectivity index (χ4v) is 2.99. The second-order valence-corrected chi connectivity index (χ2v) is 7.71. The van der Waals surface area contributed by atoms with Gasteiger partial charge in [0.05, 0.1) is 0 Å². The van der Waals surface area contributed by atoms with Crippen LogP contribution in [0, 0.1) is 0 Å². The van der Waals surface area contributed by atoms with Gasteiger partial charge in [0.25, 0.3) is 0 Å². The molecule has 0 amide bonds. The number of nitrogens with zero attached hydrogens (tertiary/aromatic N) is 1. The summed E-state index contributed by atoms with van der Waals surface area (Å²) in [5, 5.41) is 1.28. The molecule has 0 radical (unpaired) electrons. The molecule has 0 rings (SSSR count). The van der Waals surface area contributed by atoms with Gasteiger partial charge < -0.3 is 0 Å². The van der Waals surface area contributed by atoms with Gasteiger partial charge in [-0.05, 0) is 0 Å². The van der Waals surface area contributed by atoms with Gasteiger partial charge in [0, 0.05) is 0 Å². The molecule has 68 valence electrons. The first-order valence-electron chi connectivity index (χ1n) is 4.41. The zero-order valence-electron chi connectivity index (χ0n) is 8.10. The van der Waals surface area contributed by atoms with Crippen molar-refractivity contribution in [1.29, 1.82) is 0 Å². The van der Waals surface area contributed by atoms with Gasteiger partial charge in [-0.15, -0.1) is 0 Å². The average molecular weight is 238 g/mol. The normalized spacial score (nSPS) is 13.1. The molecule has 11 heavy (non-hydrogen) atoms. The van der Waals surface area contributed by atoms with E-state index in [0.29, 0.717) is 12.1 Å². The Kier molecular flexibility index (Phi) is 6.78. The third-order valence-corrected chi connectivity index (χ3v) is 4.49. The van der Waals surface area contributed by atoms with Crippen LogP contribution in [0.1, 0.15) is 27.7 Å². The van der Waals surface area contributed by atoms with E-state index in [-0.39, 0.29) is 0 Å². The van der Waals surface area contributed by atoms with Gasteiger partial charge in [-0.25, -0.2) is 0 Å². The maximum absolute atomic E-state index is 5.82. The first kappa shape index (κ1) is 11.8. The molecular weight excluding hydrogens is 218 g/mol. The fourth-order valence-electron chi connectivity index (χ4n) is 1.36. The quantitative estimate of drug-likeness (QED) is 0.661. The molecule has 0 fully saturated rings. The van der Waals surface area contributed by atoms with Crippen LogP contribution in [0.3, 0.4) is 0 Å². The van der Waals surface area contributed by atoms with Gasteiger partial charge in [-0.2, -0.15) is 0 Å². The summed E-state index contributed by atoms with van der Waals surface area (Å²) in [6, 6.07) is 1.33. The molecule has 1 nitrogen and oxygen atoms in total. The summed E-state index contributed by atoms with van der Waals surface area (Å²) in [4.78, 5) is 2.51. The SMILES string of the molecule is CC(C)N(C[CH2][GeH2][Cl])C(C)C. The van der Waals surface area contributed by atoms with E-state index in [1.807, 2.05) is 0 Å². The molecule has 0 N–H and O–H groups in total. The summed E-state index contributed by atoms with van der Waals surface area (Å²) in [6.07, 6.45) is 0. The van der Waals surface area contributed by atoms with E-state index >= 15 is 0 Å². The molecule has 0 atom stereocenters. The van der Waals surface area contributed by atoms with Crippen LogP contribution in [0.4, 0.5) is 0 Å². The van der Waals surface area contributed by atoms with Crippen molar-refractivity contribution in [1.82, 2.24) is 4.90 Å². The monoisotopic (exact) mass is 239 g/mol. The predicted octanol–water partition coefficient (Wildman–Crippen LogP) is 1.85. The zero-order valence-corrected chi connectivity index (χ0v) is 11.8. The minimum absolute atomic E-state index is 0.625. The summed E-state index contributed by atoms with van der Waals surface area (Å²) in [5.41, 5.74) is 0. The molecule has 0 spiro atoms. The topological polar surface area (TPSA) is 3.24 Å². The Labute approximate surface area is 81.1 Å². The van der Waals surface area contributed by atoms with Crippen LogP contribution >= 0.6 is 10.0 Å². The third-order valence-electron chi connectivity index (χ3n) is 1.88. The van der Waals surface area contributed by atoms with Crippen molar-refractivity contribution < 1.29 is 0 Å². The van der Waals surface area contributed by atoms with Gasteiger partial charge in [0.15, 0.2) is 0 Å². The van der Waals surface area contributed by atoms with Crippen molar-refractivity contribution in [3.63, 3.8) is 0 Å². The minimum atomic E-state index is -0.625. The van der Waals surface area contributed by atoms with E-state index in [1.165, 1.54) is 11.8 Å². The average Bonchev–Trinajstić information content (AvgIpc) is 1.87. The van der Waals surface area contributed by atoms with E-state index in [2.05, 4.69) is 32.6 Å². The molecule has 0 bridgehead atoms. The second-order valence-electron chi connectivity index (χ2n) is 3.47. The van der Waals surface area contributed by atoms with Crippen molar-refractivity contribution in [3.8, 4) is 0 Å².